The molecule has 0 amide bonds. The second kappa shape index (κ2) is 4.85. The predicted molar refractivity (Wildman–Crippen MR) is 79.8 cm³/mol. The Hall–Kier alpha value is -0.870. The smallest absolute Gasteiger partial charge is 0.106 e. The molecule has 2 unspecified atom stereocenters. The SMILES string of the molecule is Cc1nc2c(n1C1CC3CCCC(C1)N3C)CCNC2. The molecule has 4 heteroatoms. The molecule has 2 fully saturated rings. The first kappa shape index (κ1) is 12.8. The molecular formula is C16H26N4. The van der Waals surface area contributed by atoms with Gasteiger partial charge in [0.2, 0.25) is 0 Å². The first-order valence-corrected chi connectivity index (χ1v) is 8.23. The molecule has 0 spiro atoms. The van der Waals surface area contributed by atoms with Crippen molar-refractivity contribution >= 4 is 0 Å². The maximum atomic E-state index is 4.83. The predicted octanol–water partition coefficient (Wildman–Crippen LogP) is 2.03. The molecule has 1 N–H and O–H groups in total. The van der Waals surface area contributed by atoms with Crippen LogP contribution in [0.5, 0.6) is 0 Å². The van der Waals surface area contributed by atoms with E-state index in [1.165, 1.54) is 49.3 Å². The molecule has 2 atom stereocenters. The molecule has 4 nitrogen and oxygen atoms in total. The van der Waals surface area contributed by atoms with Gasteiger partial charge in [-0.2, -0.15) is 0 Å². The summed E-state index contributed by atoms with van der Waals surface area (Å²) >= 11 is 0. The molecule has 0 aliphatic carbocycles. The standard InChI is InChI=1S/C16H26N4/c1-11-18-15-10-17-7-6-16(15)20(11)14-8-12-4-3-5-13(9-14)19(12)2/h12-14,17H,3-10H2,1-2H3. The lowest BCUT2D eigenvalue weighted by molar-refractivity contribution is 0.0388. The Kier molecular flexibility index (Phi) is 3.11. The number of imidazole rings is 1. The van der Waals surface area contributed by atoms with Gasteiger partial charge in [0.15, 0.2) is 0 Å². The van der Waals surface area contributed by atoms with E-state index in [2.05, 4.69) is 28.8 Å². The van der Waals surface area contributed by atoms with Crippen LogP contribution in [-0.4, -0.2) is 40.1 Å². The van der Waals surface area contributed by atoms with Crippen LogP contribution in [-0.2, 0) is 13.0 Å². The maximum Gasteiger partial charge on any atom is 0.106 e. The number of nitrogens with zero attached hydrogens (tertiary/aromatic N) is 3. The summed E-state index contributed by atoms with van der Waals surface area (Å²) < 4.78 is 2.61. The Morgan fingerprint density at radius 3 is 2.65 bits per heavy atom. The Balaban J connectivity index is 1.66. The summed E-state index contributed by atoms with van der Waals surface area (Å²) in [5.74, 6) is 1.24. The van der Waals surface area contributed by atoms with Crippen molar-refractivity contribution in [3.8, 4) is 0 Å². The highest BCUT2D eigenvalue weighted by Crippen LogP contribution is 2.39. The van der Waals surface area contributed by atoms with Gasteiger partial charge in [0.1, 0.15) is 5.82 Å². The van der Waals surface area contributed by atoms with Crippen molar-refractivity contribution in [1.29, 1.82) is 0 Å². The third-order valence-electron chi connectivity index (χ3n) is 5.78. The van der Waals surface area contributed by atoms with Crippen LogP contribution in [0, 0.1) is 6.92 Å². The van der Waals surface area contributed by atoms with Crippen molar-refractivity contribution in [2.24, 2.45) is 0 Å². The number of aryl methyl sites for hydroxylation is 1. The van der Waals surface area contributed by atoms with Gasteiger partial charge in [-0.1, -0.05) is 6.42 Å². The first-order valence-electron chi connectivity index (χ1n) is 8.23. The Morgan fingerprint density at radius 1 is 1.15 bits per heavy atom. The summed E-state index contributed by atoms with van der Waals surface area (Å²) in [5.41, 5.74) is 2.83. The van der Waals surface area contributed by atoms with Gasteiger partial charge in [-0.25, -0.2) is 4.98 Å². The fraction of sp³-hybridized carbons (Fsp3) is 0.812. The van der Waals surface area contributed by atoms with Crippen molar-refractivity contribution in [3.05, 3.63) is 17.2 Å². The summed E-state index contributed by atoms with van der Waals surface area (Å²) in [6, 6.07) is 2.29. The van der Waals surface area contributed by atoms with E-state index in [1.54, 1.807) is 0 Å². The molecule has 4 rings (SSSR count). The lowest BCUT2D eigenvalue weighted by atomic mass is 9.82. The monoisotopic (exact) mass is 274 g/mol. The summed E-state index contributed by atoms with van der Waals surface area (Å²) in [4.78, 5) is 7.48. The highest BCUT2D eigenvalue weighted by Gasteiger charge is 2.38. The normalized spacial score (nSPS) is 34.0. The van der Waals surface area contributed by atoms with Gasteiger partial charge in [0.05, 0.1) is 5.69 Å². The fourth-order valence-electron chi connectivity index (χ4n) is 4.75. The van der Waals surface area contributed by atoms with Crippen LogP contribution >= 0.6 is 0 Å². The quantitative estimate of drug-likeness (QED) is 0.850. The number of hydrogen-bond donors (Lipinski definition) is 1. The zero-order chi connectivity index (χ0) is 13.7. The van der Waals surface area contributed by atoms with Crippen LogP contribution in [0.2, 0.25) is 0 Å². The molecule has 1 aromatic heterocycles. The minimum atomic E-state index is 0.691. The first-order chi connectivity index (χ1) is 9.74. The van der Waals surface area contributed by atoms with Crippen molar-refractivity contribution < 1.29 is 0 Å². The molecular weight excluding hydrogens is 248 g/mol. The van der Waals surface area contributed by atoms with Gasteiger partial charge in [-0.05, 0) is 39.7 Å². The van der Waals surface area contributed by atoms with Crippen molar-refractivity contribution in [2.75, 3.05) is 13.6 Å². The minimum absolute atomic E-state index is 0.691. The number of aromatic nitrogens is 2. The van der Waals surface area contributed by atoms with Gasteiger partial charge in [0.25, 0.3) is 0 Å². The third kappa shape index (κ3) is 1.92. The molecule has 4 heterocycles. The molecule has 2 saturated heterocycles. The van der Waals surface area contributed by atoms with E-state index in [0.717, 1.165) is 31.6 Å². The average molecular weight is 274 g/mol. The van der Waals surface area contributed by atoms with E-state index in [9.17, 15) is 0 Å². The second-order valence-electron chi connectivity index (χ2n) is 6.88. The van der Waals surface area contributed by atoms with Gasteiger partial charge in [0, 0.05) is 43.3 Å². The Labute approximate surface area is 121 Å². The van der Waals surface area contributed by atoms with Gasteiger partial charge in [-0.3, -0.25) is 0 Å². The molecule has 3 aliphatic rings. The summed E-state index contributed by atoms with van der Waals surface area (Å²) in [7, 11) is 2.34. The summed E-state index contributed by atoms with van der Waals surface area (Å²) in [6.45, 7) is 4.27. The molecule has 0 aromatic carbocycles. The summed E-state index contributed by atoms with van der Waals surface area (Å²) in [6.07, 6.45) is 8.01. The molecule has 20 heavy (non-hydrogen) atoms. The van der Waals surface area contributed by atoms with E-state index in [0.29, 0.717) is 6.04 Å². The molecule has 0 saturated carbocycles. The lowest BCUT2D eigenvalue weighted by Crippen LogP contribution is -2.50. The highest BCUT2D eigenvalue weighted by molar-refractivity contribution is 5.21. The fourth-order valence-corrected chi connectivity index (χ4v) is 4.75. The van der Waals surface area contributed by atoms with Gasteiger partial charge >= 0.3 is 0 Å². The van der Waals surface area contributed by atoms with Crippen LogP contribution < -0.4 is 5.32 Å². The average Bonchev–Trinajstić information content (AvgIpc) is 2.74. The zero-order valence-corrected chi connectivity index (χ0v) is 12.7. The second-order valence-corrected chi connectivity index (χ2v) is 6.88. The number of rotatable bonds is 1. The van der Waals surface area contributed by atoms with Crippen molar-refractivity contribution in [1.82, 2.24) is 19.8 Å². The van der Waals surface area contributed by atoms with Crippen molar-refractivity contribution in [2.45, 2.75) is 70.1 Å². The van der Waals surface area contributed by atoms with Crippen molar-refractivity contribution in [3.63, 3.8) is 0 Å². The van der Waals surface area contributed by atoms with Crippen LogP contribution in [0.3, 0.4) is 0 Å². The van der Waals surface area contributed by atoms with Crippen LogP contribution in [0.1, 0.15) is 55.4 Å². The van der Waals surface area contributed by atoms with E-state index < -0.39 is 0 Å². The van der Waals surface area contributed by atoms with E-state index in [-0.39, 0.29) is 0 Å². The third-order valence-corrected chi connectivity index (χ3v) is 5.78. The summed E-state index contributed by atoms with van der Waals surface area (Å²) in [5, 5.41) is 3.45. The molecule has 110 valence electrons. The lowest BCUT2D eigenvalue weighted by Gasteiger charge is -2.47. The maximum absolute atomic E-state index is 4.83. The van der Waals surface area contributed by atoms with E-state index >= 15 is 0 Å². The van der Waals surface area contributed by atoms with Gasteiger partial charge < -0.3 is 14.8 Å². The number of nitrogens with one attached hydrogen (secondary N) is 1. The number of fused-ring (bicyclic) bond motifs is 3. The molecule has 0 radical (unpaired) electrons. The highest BCUT2D eigenvalue weighted by atomic mass is 15.2. The Morgan fingerprint density at radius 2 is 1.90 bits per heavy atom. The largest absolute Gasteiger partial charge is 0.329 e. The van der Waals surface area contributed by atoms with Crippen LogP contribution in [0.25, 0.3) is 0 Å². The number of hydrogen-bond acceptors (Lipinski definition) is 3. The minimum Gasteiger partial charge on any atom is -0.329 e. The van der Waals surface area contributed by atoms with Crippen LogP contribution in [0.15, 0.2) is 0 Å². The topological polar surface area (TPSA) is 33.1 Å². The van der Waals surface area contributed by atoms with Gasteiger partial charge in [-0.15, -0.1) is 0 Å². The number of piperidine rings is 2. The molecule has 2 bridgehead atoms. The van der Waals surface area contributed by atoms with E-state index in [4.69, 9.17) is 4.98 Å². The van der Waals surface area contributed by atoms with E-state index in [1.807, 2.05) is 0 Å². The Bertz CT molecular complexity index is 493. The molecule has 1 aromatic rings. The van der Waals surface area contributed by atoms with Crippen LogP contribution in [0.4, 0.5) is 0 Å². The zero-order valence-electron chi connectivity index (χ0n) is 12.7. The molecule has 3 aliphatic heterocycles.